The zero-order valence-electron chi connectivity index (χ0n) is 12.2. The highest BCUT2D eigenvalue weighted by atomic mass is 32.1. The molecule has 6 heteroatoms. The van der Waals surface area contributed by atoms with Crippen molar-refractivity contribution in [2.75, 3.05) is 0 Å². The number of hydrogen-bond donors (Lipinski definition) is 0. The summed E-state index contributed by atoms with van der Waals surface area (Å²) in [4.78, 5) is 7.79. The minimum Gasteiger partial charge on any atom is -0.472 e. The highest BCUT2D eigenvalue weighted by Gasteiger charge is 2.06. The highest BCUT2D eigenvalue weighted by Crippen LogP contribution is 2.15. The normalized spacial score (nSPS) is 8.71. The minimum atomic E-state index is -0.458. The maximum absolute atomic E-state index is 13.6. The first-order chi connectivity index (χ1) is 9.70. The Hall–Kier alpha value is -2.13. The largest absolute Gasteiger partial charge is 0.472 e. The molecule has 0 aliphatic carbocycles. The third-order valence-electron chi connectivity index (χ3n) is 2.39. The van der Waals surface area contributed by atoms with Crippen LogP contribution in [0.25, 0.3) is 0 Å². The van der Waals surface area contributed by atoms with Gasteiger partial charge in [0.2, 0.25) is 5.88 Å². The number of nitriles is 1. The van der Waals surface area contributed by atoms with Gasteiger partial charge in [-0.1, -0.05) is 19.9 Å². The Balaban J connectivity index is 0.00000128. The lowest BCUT2D eigenvalue weighted by Crippen LogP contribution is -2.01. The molecule has 112 valence electrons. The molecule has 0 aliphatic heterocycles. The number of aryl methyl sites for hydroxylation is 1. The van der Waals surface area contributed by atoms with Gasteiger partial charge in [0, 0.05) is 17.3 Å². The summed E-state index contributed by atoms with van der Waals surface area (Å²) in [6, 6.07) is 6.14. The summed E-state index contributed by atoms with van der Waals surface area (Å²) < 4.78 is 19.0. The van der Waals surface area contributed by atoms with Crippen molar-refractivity contribution in [1.82, 2.24) is 9.97 Å². The van der Waals surface area contributed by atoms with Crippen molar-refractivity contribution in [3.63, 3.8) is 0 Å². The number of benzene rings is 1. The maximum Gasteiger partial charge on any atom is 0.219 e. The number of halogens is 1. The molecule has 2 rings (SSSR count). The van der Waals surface area contributed by atoms with Crippen LogP contribution in [0.5, 0.6) is 5.88 Å². The molecule has 0 saturated carbocycles. The molecule has 0 spiro atoms. The van der Waals surface area contributed by atoms with E-state index in [1.54, 1.807) is 12.3 Å². The summed E-state index contributed by atoms with van der Waals surface area (Å²) >= 11 is 0. The molecule has 21 heavy (non-hydrogen) atoms. The molecule has 0 amide bonds. The Morgan fingerprint density at radius 3 is 2.62 bits per heavy atom. The fourth-order valence-corrected chi connectivity index (χ4v) is 1.42. The fourth-order valence-electron chi connectivity index (χ4n) is 1.42. The van der Waals surface area contributed by atoms with Crippen LogP contribution in [0.2, 0.25) is 0 Å². The minimum absolute atomic E-state index is 0. The standard InChI is InChI=1S/C13H10FN3O.C2H6.H2S/c1-9-6-16-8-17-13(9)18-7-11-3-2-10(5-15)4-12(11)14;1-2;/h2-4,6,8H,7H2,1H3;1-2H3;1H2. The van der Waals surface area contributed by atoms with Gasteiger partial charge in [-0.15, -0.1) is 0 Å². The van der Waals surface area contributed by atoms with Crippen LogP contribution < -0.4 is 4.74 Å². The van der Waals surface area contributed by atoms with Crippen molar-refractivity contribution in [3.05, 3.63) is 53.2 Å². The van der Waals surface area contributed by atoms with Crippen LogP contribution in [0.3, 0.4) is 0 Å². The average Bonchev–Trinajstić information content (AvgIpc) is 2.49. The van der Waals surface area contributed by atoms with Crippen molar-refractivity contribution >= 4 is 13.5 Å². The van der Waals surface area contributed by atoms with E-state index in [2.05, 4.69) is 9.97 Å². The van der Waals surface area contributed by atoms with Gasteiger partial charge in [0.1, 0.15) is 18.8 Å². The Morgan fingerprint density at radius 1 is 1.33 bits per heavy atom. The first-order valence-corrected chi connectivity index (χ1v) is 6.28. The second-order valence-corrected chi connectivity index (χ2v) is 3.72. The molecule has 1 aromatic heterocycles. The summed E-state index contributed by atoms with van der Waals surface area (Å²) in [5.41, 5.74) is 1.45. The van der Waals surface area contributed by atoms with Gasteiger partial charge in [-0.05, 0) is 19.1 Å². The van der Waals surface area contributed by atoms with Crippen molar-refractivity contribution in [2.24, 2.45) is 0 Å². The lowest BCUT2D eigenvalue weighted by molar-refractivity contribution is 0.285. The summed E-state index contributed by atoms with van der Waals surface area (Å²) in [5.74, 6) is -0.0329. The number of aromatic nitrogens is 2. The van der Waals surface area contributed by atoms with Crippen LogP contribution >= 0.6 is 13.5 Å². The van der Waals surface area contributed by atoms with Gasteiger partial charge in [0.15, 0.2) is 0 Å². The number of hydrogen-bond acceptors (Lipinski definition) is 4. The van der Waals surface area contributed by atoms with E-state index in [1.807, 2.05) is 26.8 Å². The van der Waals surface area contributed by atoms with Crippen LogP contribution in [-0.2, 0) is 6.61 Å². The molecule has 0 atom stereocenters. The lowest BCUT2D eigenvalue weighted by atomic mass is 10.1. The van der Waals surface area contributed by atoms with E-state index < -0.39 is 5.82 Å². The third kappa shape index (κ3) is 5.40. The fraction of sp³-hybridized carbons (Fsp3) is 0.267. The molecular formula is C15H18FN3OS. The number of rotatable bonds is 3. The van der Waals surface area contributed by atoms with Gasteiger partial charge in [0.05, 0.1) is 11.6 Å². The van der Waals surface area contributed by atoms with E-state index in [0.29, 0.717) is 11.4 Å². The monoisotopic (exact) mass is 307 g/mol. The molecular weight excluding hydrogens is 289 g/mol. The van der Waals surface area contributed by atoms with E-state index in [-0.39, 0.29) is 25.7 Å². The summed E-state index contributed by atoms with van der Waals surface area (Å²) in [7, 11) is 0. The zero-order valence-corrected chi connectivity index (χ0v) is 13.2. The van der Waals surface area contributed by atoms with Crippen LogP contribution in [0.4, 0.5) is 4.39 Å². The van der Waals surface area contributed by atoms with Gasteiger partial charge in [-0.25, -0.2) is 14.4 Å². The quantitative estimate of drug-likeness (QED) is 0.870. The van der Waals surface area contributed by atoms with Crippen LogP contribution in [0.1, 0.15) is 30.5 Å². The molecule has 4 nitrogen and oxygen atoms in total. The maximum atomic E-state index is 13.6. The SMILES string of the molecule is CC.Cc1cncnc1OCc1ccc(C#N)cc1F.S. The van der Waals surface area contributed by atoms with E-state index >= 15 is 0 Å². The van der Waals surface area contributed by atoms with Gasteiger partial charge in [-0.3, -0.25) is 0 Å². The molecule has 0 N–H and O–H groups in total. The van der Waals surface area contributed by atoms with Gasteiger partial charge in [0.25, 0.3) is 0 Å². The number of ether oxygens (including phenoxy) is 1. The van der Waals surface area contributed by atoms with Crippen LogP contribution in [0, 0.1) is 24.1 Å². The first kappa shape index (κ1) is 18.9. The predicted molar refractivity (Wildman–Crippen MR) is 83.9 cm³/mol. The molecule has 0 saturated heterocycles. The van der Waals surface area contributed by atoms with Crippen LogP contribution in [-0.4, -0.2) is 9.97 Å². The Labute approximate surface area is 131 Å². The van der Waals surface area contributed by atoms with Gasteiger partial charge in [-0.2, -0.15) is 18.8 Å². The van der Waals surface area contributed by atoms with Crippen molar-refractivity contribution in [3.8, 4) is 11.9 Å². The summed E-state index contributed by atoms with van der Waals surface area (Å²) in [5, 5.41) is 8.63. The average molecular weight is 307 g/mol. The Kier molecular flexibility index (Phi) is 8.74. The van der Waals surface area contributed by atoms with Gasteiger partial charge >= 0.3 is 0 Å². The molecule has 1 aromatic carbocycles. The highest BCUT2D eigenvalue weighted by molar-refractivity contribution is 7.59. The Bertz CT molecular complexity index is 614. The van der Waals surface area contributed by atoms with E-state index in [9.17, 15) is 4.39 Å². The second-order valence-electron chi connectivity index (χ2n) is 3.72. The van der Waals surface area contributed by atoms with Crippen molar-refractivity contribution in [2.45, 2.75) is 27.4 Å². The lowest BCUT2D eigenvalue weighted by Gasteiger charge is -2.07. The number of nitrogens with zero attached hydrogens (tertiary/aromatic N) is 3. The predicted octanol–water partition coefficient (Wildman–Crippen LogP) is 3.51. The molecule has 0 aliphatic rings. The molecule has 0 radical (unpaired) electrons. The third-order valence-corrected chi connectivity index (χ3v) is 2.39. The van der Waals surface area contributed by atoms with E-state index in [0.717, 1.165) is 5.56 Å². The summed E-state index contributed by atoms with van der Waals surface area (Å²) in [6.45, 7) is 5.87. The summed E-state index contributed by atoms with van der Waals surface area (Å²) in [6.07, 6.45) is 2.99. The molecule has 0 unspecified atom stereocenters. The molecule has 0 fully saturated rings. The zero-order chi connectivity index (χ0) is 15.0. The van der Waals surface area contributed by atoms with Crippen molar-refractivity contribution < 1.29 is 9.13 Å². The molecule has 2 aromatic rings. The Morgan fingerprint density at radius 2 is 2.05 bits per heavy atom. The van der Waals surface area contributed by atoms with E-state index in [4.69, 9.17) is 10.00 Å². The first-order valence-electron chi connectivity index (χ1n) is 6.28. The van der Waals surface area contributed by atoms with E-state index in [1.165, 1.54) is 18.5 Å². The smallest absolute Gasteiger partial charge is 0.219 e. The van der Waals surface area contributed by atoms with Crippen LogP contribution in [0.15, 0.2) is 30.7 Å². The molecule has 0 bridgehead atoms. The van der Waals surface area contributed by atoms with Crippen molar-refractivity contribution in [1.29, 1.82) is 5.26 Å². The van der Waals surface area contributed by atoms with Gasteiger partial charge < -0.3 is 4.74 Å². The second kappa shape index (κ2) is 9.72. The molecule has 1 heterocycles. The topological polar surface area (TPSA) is 58.8 Å².